The fourth-order valence-corrected chi connectivity index (χ4v) is 4.17. The molecule has 0 aliphatic heterocycles. The largest absolute Gasteiger partial charge is 1.00 e. The number of hydrogen-bond acceptors (Lipinski definition) is 4. The fourth-order valence-electron chi connectivity index (χ4n) is 3.62. The van der Waals surface area contributed by atoms with Crippen LogP contribution in [0.1, 0.15) is 83.1 Å². The van der Waals surface area contributed by atoms with Crippen molar-refractivity contribution in [2.24, 2.45) is 0 Å². The van der Waals surface area contributed by atoms with Gasteiger partial charge < -0.3 is 9.84 Å². The van der Waals surface area contributed by atoms with Crippen molar-refractivity contribution in [3.63, 3.8) is 0 Å². The van der Waals surface area contributed by atoms with Crippen molar-refractivity contribution < 1.29 is 74.2 Å². The van der Waals surface area contributed by atoms with Crippen LogP contribution in [0.2, 0.25) is 0 Å². The van der Waals surface area contributed by atoms with E-state index in [1.807, 2.05) is 24.3 Å². The van der Waals surface area contributed by atoms with E-state index in [2.05, 4.69) is 6.92 Å². The van der Waals surface area contributed by atoms with E-state index in [0.29, 0.717) is 5.75 Å². The van der Waals surface area contributed by atoms with Gasteiger partial charge in [0.15, 0.2) is 0 Å². The minimum Gasteiger partial charge on any atom is -0.871 e. The van der Waals surface area contributed by atoms with Gasteiger partial charge in [-0.05, 0) is 48.7 Å². The molecule has 0 saturated carbocycles. The number of ether oxygens (including phenoxy) is 1. The quantitative estimate of drug-likeness (QED) is 0.236. The SMILES string of the molecule is CCCCCCCCCCCCCc1ccc(Oc2ccc(S(=O)(=O)O)c([O-])c2)cc1.[K+]. The molecular weight excluding hydrogens is 451 g/mol. The number of unbranched alkanes of at least 4 members (excludes halogenated alkanes) is 10. The van der Waals surface area contributed by atoms with E-state index in [4.69, 9.17) is 9.29 Å². The molecule has 2 rings (SSSR count). The third-order valence-electron chi connectivity index (χ3n) is 5.42. The standard InChI is InChI=1S/C25H36O5S.K/c1-2-3-4-5-6-7-8-9-10-11-12-13-21-14-16-22(17-15-21)30-23-18-19-25(24(26)20-23)31(27,28)29;/h14-20,26H,2-13H2,1H3,(H,27,28,29);/q;+1/p-1. The topological polar surface area (TPSA) is 86.7 Å². The van der Waals surface area contributed by atoms with E-state index in [0.717, 1.165) is 18.6 Å². The van der Waals surface area contributed by atoms with Gasteiger partial charge in [0.2, 0.25) is 0 Å². The van der Waals surface area contributed by atoms with Crippen LogP contribution in [0.4, 0.5) is 0 Å². The molecule has 0 bridgehead atoms. The molecule has 0 heterocycles. The average molecular weight is 487 g/mol. The van der Waals surface area contributed by atoms with Crippen LogP contribution in [0, 0.1) is 0 Å². The van der Waals surface area contributed by atoms with E-state index >= 15 is 0 Å². The zero-order valence-corrected chi connectivity index (χ0v) is 23.5. The Bertz CT molecular complexity index is 882. The summed E-state index contributed by atoms with van der Waals surface area (Å²) in [4.78, 5) is -0.651. The van der Waals surface area contributed by atoms with Crippen molar-refractivity contribution in [3.8, 4) is 17.2 Å². The Hall–Kier alpha value is -0.414. The van der Waals surface area contributed by atoms with Crippen LogP contribution in [0.5, 0.6) is 17.2 Å². The van der Waals surface area contributed by atoms with Gasteiger partial charge in [-0.25, -0.2) is 0 Å². The van der Waals surface area contributed by atoms with E-state index in [1.165, 1.54) is 82.3 Å². The summed E-state index contributed by atoms with van der Waals surface area (Å²) in [6, 6.07) is 11.2. The molecule has 0 amide bonds. The summed E-state index contributed by atoms with van der Waals surface area (Å²) in [5, 5.41) is 11.8. The van der Waals surface area contributed by atoms with Gasteiger partial charge >= 0.3 is 51.4 Å². The number of hydrogen-bond donors (Lipinski definition) is 1. The van der Waals surface area contributed by atoms with Crippen LogP contribution in [0.15, 0.2) is 47.4 Å². The summed E-state index contributed by atoms with van der Waals surface area (Å²) < 4.78 is 36.8. The van der Waals surface area contributed by atoms with Crippen LogP contribution in [0.3, 0.4) is 0 Å². The molecule has 7 heteroatoms. The molecule has 32 heavy (non-hydrogen) atoms. The van der Waals surface area contributed by atoms with Crippen LogP contribution in [-0.4, -0.2) is 13.0 Å². The molecule has 0 aliphatic rings. The van der Waals surface area contributed by atoms with Crippen LogP contribution >= 0.6 is 0 Å². The van der Waals surface area contributed by atoms with Crippen LogP contribution < -0.4 is 61.2 Å². The third-order valence-corrected chi connectivity index (χ3v) is 6.31. The van der Waals surface area contributed by atoms with Crippen molar-refractivity contribution in [3.05, 3.63) is 48.0 Å². The molecule has 5 nitrogen and oxygen atoms in total. The van der Waals surface area contributed by atoms with Crippen LogP contribution in [-0.2, 0) is 16.5 Å². The molecule has 1 N–H and O–H groups in total. The van der Waals surface area contributed by atoms with Gasteiger partial charge in [0, 0.05) is 0 Å². The van der Waals surface area contributed by atoms with Gasteiger partial charge in [0.1, 0.15) is 11.5 Å². The second-order valence-corrected chi connectivity index (χ2v) is 9.51. The predicted octanol–water partition coefficient (Wildman–Crippen LogP) is 3.66. The molecule has 0 spiro atoms. The Morgan fingerprint density at radius 1 is 0.781 bits per heavy atom. The first kappa shape index (κ1) is 29.6. The number of aryl methyl sites for hydroxylation is 1. The summed E-state index contributed by atoms with van der Waals surface area (Å²) >= 11 is 0. The minimum atomic E-state index is -4.52. The van der Waals surface area contributed by atoms with Gasteiger partial charge in [-0.2, -0.15) is 8.42 Å². The Morgan fingerprint density at radius 2 is 1.28 bits per heavy atom. The zero-order chi connectivity index (χ0) is 22.5. The molecule has 0 atom stereocenters. The molecule has 2 aromatic carbocycles. The zero-order valence-electron chi connectivity index (χ0n) is 19.5. The Balaban J connectivity index is 0.00000512. The van der Waals surface area contributed by atoms with Gasteiger partial charge in [0.05, 0.1) is 4.90 Å². The summed E-state index contributed by atoms with van der Waals surface area (Å²) in [6.45, 7) is 2.25. The molecule has 0 aromatic heterocycles. The summed E-state index contributed by atoms with van der Waals surface area (Å²) in [5.41, 5.74) is 1.24. The van der Waals surface area contributed by atoms with E-state index in [9.17, 15) is 13.5 Å². The number of rotatable bonds is 15. The van der Waals surface area contributed by atoms with Gasteiger partial charge in [0.25, 0.3) is 10.1 Å². The predicted molar refractivity (Wildman–Crippen MR) is 122 cm³/mol. The van der Waals surface area contributed by atoms with Gasteiger partial charge in [-0.3, -0.25) is 4.55 Å². The first-order chi connectivity index (χ1) is 14.9. The van der Waals surface area contributed by atoms with E-state index in [1.54, 1.807) is 0 Å². The first-order valence-corrected chi connectivity index (χ1v) is 12.9. The second-order valence-electron chi connectivity index (χ2n) is 8.12. The summed E-state index contributed by atoms with van der Waals surface area (Å²) in [6.07, 6.45) is 15.7. The van der Waals surface area contributed by atoms with Crippen molar-refractivity contribution in [1.82, 2.24) is 0 Å². The average Bonchev–Trinajstić information content (AvgIpc) is 2.72. The minimum absolute atomic E-state index is 0. The second kappa shape index (κ2) is 16.3. The molecule has 0 radical (unpaired) electrons. The maximum atomic E-state index is 11.8. The summed E-state index contributed by atoms with van der Waals surface area (Å²) in [7, 11) is -4.52. The third kappa shape index (κ3) is 11.6. The first-order valence-electron chi connectivity index (χ1n) is 11.5. The molecule has 0 saturated heterocycles. The van der Waals surface area contributed by atoms with Crippen molar-refractivity contribution in [1.29, 1.82) is 0 Å². The maximum absolute atomic E-state index is 11.8. The fraction of sp³-hybridized carbons (Fsp3) is 0.520. The maximum Gasteiger partial charge on any atom is 1.00 e. The molecule has 172 valence electrons. The van der Waals surface area contributed by atoms with Gasteiger partial charge in [-0.1, -0.05) is 89.0 Å². The Labute approximate surface area is 236 Å². The normalized spacial score (nSPS) is 11.2. The Morgan fingerprint density at radius 3 is 1.78 bits per heavy atom. The molecule has 0 fully saturated rings. The summed E-state index contributed by atoms with van der Waals surface area (Å²) in [5.74, 6) is 0.00493. The molecule has 0 aliphatic carbocycles. The van der Waals surface area contributed by atoms with E-state index < -0.39 is 20.8 Å². The van der Waals surface area contributed by atoms with Crippen molar-refractivity contribution in [2.75, 3.05) is 0 Å². The van der Waals surface area contributed by atoms with E-state index in [-0.39, 0.29) is 57.1 Å². The van der Waals surface area contributed by atoms with Crippen molar-refractivity contribution >= 4 is 10.1 Å². The smallest absolute Gasteiger partial charge is 0.871 e. The van der Waals surface area contributed by atoms with Crippen LogP contribution in [0.25, 0.3) is 0 Å². The molecule has 0 unspecified atom stereocenters. The van der Waals surface area contributed by atoms with Crippen molar-refractivity contribution in [2.45, 2.75) is 88.9 Å². The number of benzene rings is 2. The Kier molecular flexibility index (Phi) is 15.0. The molecular formula is C25H35KO5S. The molecule has 2 aromatic rings. The van der Waals surface area contributed by atoms with Gasteiger partial charge in [-0.15, -0.1) is 0 Å². The monoisotopic (exact) mass is 486 g/mol.